The predicted octanol–water partition coefficient (Wildman–Crippen LogP) is 5.11. The molecule has 0 bridgehead atoms. The number of benzene rings is 1. The van der Waals surface area contributed by atoms with Gasteiger partial charge in [0, 0.05) is 23.1 Å². The summed E-state index contributed by atoms with van der Waals surface area (Å²) in [5.74, 6) is 0.380. The van der Waals surface area contributed by atoms with E-state index in [1.807, 2.05) is 30.0 Å². The van der Waals surface area contributed by atoms with Gasteiger partial charge in [-0.1, -0.05) is 25.4 Å². The molecule has 0 aliphatic carbocycles. The zero-order chi connectivity index (χ0) is 15.6. The van der Waals surface area contributed by atoms with Crippen molar-refractivity contribution in [2.75, 3.05) is 0 Å². The summed E-state index contributed by atoms with van der Waals surface area (Å²) in [6.45, 7) is 4.78. The average molecular weight is 335 g/mol. The zero-order valence-corrected chi connectivity index (χ0v) is 13.1. The number of hydrogen-bond donors (Lipinski definition) is 0. The van der Waals surface area contributed by atoms with Crippen molar-refractivity contribution >= 4 is 28.6 Å². The smallest absolute Gasteiger partial charge is 0.323 e. The van der Waals surface area contributed by atoms with E-state index in [4.69, 9.17) is 11.6 Å². The molecule has 0 spiro atoms. The van der Waals surface area contributed by atoms with Crippen LogP contribution in [0.5, 0.6) is 0 Å². The molecule has 2 rings (SSSR count). The van der Waals surface area contributed by atoms with Crippen molar-refractivity contribution in [3.8, 4) is 0 Å². The topological polar surface area (TPSA) is 17.3 Å². The predicted molar refractivity (Wildman–Crippen MR) is 78.8 cm³/mol. The summed E-state index contributed by atoms with van der Waals surface area (Å²) in [6, 6.07) is 3.61. The maximum Gasteiger partial charge on any atom is 0.418 e. The third-order valence-corrected chi connectivity index (χ3v) is 3.73. The fourth-order valence-electron chi connectivity index (χ4n) is 1.85. The third-order valence-electron chi connectivity index (χ3n) is 2.70. The van der Waals surface area contributed by atoms with Gasteiger partial charge < -0.3 is 4.57 Å². The lowest BCUT2D eigenvalue weighted by Gasteiger charge is -2.10. The molecule has 7 heteroatoms. The number of halogens is 4. The van der Waals surface area contributed by atoms with E-state index in [0.717, 1.165) is 6.07 Å². The number of aromatic nitrogens is 1. The van der Waals surface area contributed by atoms with Crippen molar-refractivity contribution in [1.29, 1.82) is 0 Å². The van der Waals surface area contributed by atoms with E-state index in [-0.39, 0.29) is 10.7 Å². The molecule has 21 heavy (non-hydrogen) atoms. The first-order valence-corrected chi connectivity index (χ1v) is 7.58. The molecular formula is C14H14ClF3N2S. The van der Waals surface area contributed by atoms with Gasteiger partial charge in [0.05, 0.1) is 11.3 Å². The van der Waals surface area contributed by atoms with Gasteiger partial charge in [-0.3, -0.25) is 0 Å². The Morgan fingerprint density at radius 3 is 2.67 bits per heavy atom. The van der Waals surface area contributed by atoms with E-state index in [0.29, 0.717) is 17.3 Å². The van der Waals surface area contributed by atoms with E-state index in [1.54, 1.807) is 0 Å². The van der Waals surface area contributed by atoms with Crippen LogP contribution in [0.1, 0.15) is 19.4 Å². The second kappa shape index (κ2) is 6.23. The minimum absolute atomic E-state index is 0.0440. The highest BCUT2D eigenvalue weighted by Crippen LogP contribution is 2.37. The Labute approximate surface area is 129 Å². The molecule has 0 aliphatic heterocycles. The maximum absolute atomic E-state index is 13.0. The van der Waals surface area contributed by atoms with E-state index in [2.05, 4.69) is 4.99 Å². The minimum atomic E-state index is -4.48. The Bertz CT molecular complexity index is 686. The molecule has 0 atom stereocenters. The van der Waals surface area contributed by atoms with Crippen molar-refractivity contribution in [1.82, 2.24) is 4.57 Å². The first kappa shape index (κ1) is 16.1. The average Bonchev–Trinajstić information content (AvgIpc) is 2.77. The number of rotatable bonds is 3. The van der Waals surface area contributed by atoms with Crippen molar-refractivity contribution < 1.29 is 13.2 Å². The summed E-state index contributed by atoms with van der Waals surface area (Å²) in [5, 5.41) is 1.85. The van der Waals surface area contributed by atoms with Gasteiger partial charge in [-0.25, -0.2) is 4.99 Å². The molecule has 0 saturated carbocycles. The fourth-order valence-corrected chi connectivity index (χ4v) is 2.78. The number of thiazole rings is 1. The summed E-state index contributed by atoms with van der Waals surface area (Å²) in [4.78, 5) is 4.70. The van der Waals surface area contributed by atoms with E-state index in [1.165, 1.54) is 23.5 Å². The van der Waals surface area contributed by atoms with Gasteiger partial charge in [0.25, 0.3) is 0 Å². The van der Waals surface area contributed by atoms with Crippen LogP contribution in [0, 0.1) is 5.92 Å². The Morgan fingerprint density at radius 1 is 1.33 bits per heavy atom. The molecule has 0 amide bonds. The summed E-state index contributed by atoms with van der Waals surface area (Å²) >= 11 is 6.97. The molecule has 1 aromatic carbocycles. The highest BCUT2D eigenvalue weighted by Gasteiger charge is 2.33. The zero-order valence-electron chi connectivity index (χ0n) is 11.5. The maximum atomic E-state index is 13.0. The van der Waals surface area contributed by atoms with Gasteiger partial charge in [-0.2, -0.15) is 13.2 Å². The number of hydrogen-bond acceptors (Lipinski definition) is 2. The van der Waals surface area contributed by atoms with Crippen LogP contribution in [0.25, 0.3) is 0 Å². The Balaban J connectivity index is 2.54. The van der Waals surface area contributed by atoms with Crippen molar-refractivity contribution in [2.45, 2.75) is 26.6 Å². The molecule has 2 aromatic rings. The molecule has 0 N–H and O–H groups in total. The van der Waals surface area contributed by atoms with Gasteiger partial charge in [0.15, 0.2) is 4.80 Å². The van der Waals surface area contributed by atoms with Crippen LogP contribution in [0.4, 0.5) is 18.9 Å². The quantitative estimate of drug-likeness (QED) is 0.742. The highest BCUT2D eigenvalue weighted by molar-refractivity contribution is 7.07. The number of nitrogens with zero attached hydrogens (tertiary/aromatic N) is 2. The van der Waals surface area contributed by atoms with Crippen LogP contribution in [-0.4, -0.2) is 4.57 Å². The SMILES string of the molecule is CC(C)Cn1ccsc1=Nc1ccc(Cl)cc1C(F)(F)F. The Hall–Kier alpha value is -1.27. The van der Waals surface area contributed by atoms with Crippen molar-refractivity contribution in [3.63, 3.8) is 0 Å². The first-order valence-electron chi connectivity index (χ1n) is 6.33. The van der Waals surface area contributed by atoms with E-state index in [9.17, 15) is 13.2 Å². The largest absolute Gasteiger partial charge is 0.418 e. The lowest BCUT2D eigenvalue weighted by Crippen LogP contribution is -2.17. The first-order chi connectivity index (χ1) is 9.77. The fraction of sp³-hybridized carbons (Fsp3) is 0.357. The third kappa shape index (κ3) is 4.11. The van der Waals surface area contributed by atoms with Gasteiger partial charge >= 0.3 is 6.18 Å². The molecule has 2 nitrogen and oxygen atoms in total. The van der Waals surface area contributed by atoms with E-state index < -0.39 is 11.7 Å². The number of alkyl halides is 3. The van der Waals surface area contributed by atoms with Crippen LogP contribution in [-0.2, 0) is 12.7 Å². The van der Waals surface area contributed by atoms with Crippen LogP contribution >= 0.6 is 22.9 Å². The summed E-state index contributed by atoms with van der Waals surface area (Å²) in [5.41, 5.74) is -0.939. The summed E-state index contributed by atoms with van der Waals surface area (Å²) < 4.78 is 41.0. The normalized spacial score (nSPS) is 13.2. The van der Waals surface area contributed by atoms with Crippen LogP contribution in [0.3, 0.4) is 0 Å². The second-order valence-corrected chi connectivity index (χ2v) is 6.31. The summed E-state index contributed by atoms with van der Waals surface area (Å²) in [7, 11) is 0. The van der Waals surface area contributed by atoms with Gasteiger partial charge in [0.2, 0.25) is 0 Å². The molecular weight excluding hydrogens is 321 g/mol. The van der Waals surface area contributed by atoms with Crippen molar-refractivity contribution in [2.24, 2.45) is 10.9 Å². The van der Waals surface area contributed by atoms with Crippen LogP contribution in [0.2, 0.25) is 5.02 Å². The molecule has 0 saturated heterocycles. The monoisotopic (exact) mass is 334 g/mol. The lowest BCUT2D eigenvalue weighted by atomic mass is 10.2. The van der Waals surface area contributed by atoms with Gasteiger partial charge in [0.1, 0.15) is 0 Å². The molecule has 0 fully saturated rings. The van der Waals surface area contributed by atoms with Crippen LogP contribution < -0.4 is 4.80 Å². The van der Waals surface area contributed by atoms with E-state index >= 15 is 0 Å². The molecule has 1 heterocycles. The highest BCUT2D eigenvalue weighted by atomic mass is 35.5. The molecule has 0 aliphatic rings. The molecule has 0 radical (unpaired) electrons. The Kier molecular flexibility index (Phi) is 4.78. The second-order valence-electron chi connectivity index (χ2n) is 5.00. The van der Waals surface area contributed by atoms with Gasteiger partial charge in [-0.05, 0) is 24.1 Å². The standard InChI is InChI=1S/C14H14ClF3N2S/c1-9(2)8-20-5-6-21-13(20)19-12-4-3-10(15)7-11(12)14(16,17)18/h3-7,9H,8H2,1-2H3. The molecule has 0 unspecified atom stereocenters. The van der Waals surface area contributed by atoms with Crippen LogP contribution in [0.15, 0.2) is 34.8 Å². The van der Waals surface area contributed by atoms with Gasteiger partial charge in [-0.15, -0.1) is 11.3 Å². The Morgan fingerprint density at radius 2 is 2.05 bits per heavy atom. The lowest BCUT2D eigenvalue weighted by molar-refractivity contribution is -0.137. The van der Waals surface area contributed by atoms with Crippen molar-refractivity contribution in [3.05, 3.63) is 45.2 Å². The molecule has 1 aromatic heterocycles. The molecule has 114 valence electrons. The minimum Gasteiger partial charge on any atom is -0.323 e. The summed E-state index contributed by atoms with van der Waals surface area (Å²) in [6.07, 6.45) is -2.66.